The second-order valence-electron chi connectivity index (χ2n) is 1.20. The number of hydrogen-bond donors (Lipinski definition) is 0. The quantitative estimate of drug-likeness (QED) is 0.472. The summed E-state index contributed by atoms with van der Waals surface area (Å²) in [6.07, 6.45) is 0.424. The maximum absolute atomic E-state index is 11.9. The Morgan fingerprint density at radius 2 is 2.14 bits per heavy atom. The molecular weight excluding hydrogens is 93.1 g/mol. The zero-order valence-electron chi connectivity index (χ0n) is 4.74. The number of nitrogens with zero attached hydrogens (tertiary/aromatic N) is 1. The molecule has 0 aromatic carbocycles. The first-order valence-electron chi connectivity index (χ1n) is 2.50. The molecule has 0 bridgehead atoms. The first-order valence-corrected chi connectivity index (χ1v) is 2.50. The average Bonchev–Trinajstić information content (AvgIpc) is 1.68. The van der Waals surface area contributed by atoms with Crippen molar-refractivity contribution in [3.8, 4) is 0 Å². The molecule has 42 valence electrons. The Labute approximate surface area is 43.3 Å². The summed E-state index contributed by atoms with van der Waals surface area (Å²) in [6.45, 7) is 4.11. The van der Waals surface area contributed by atoms with Crippen LogP contribution in [0.4, 0.5) is 4.39 Å². The largest absolute Gasteiger partial charge is 0.262 e. The van der Waals surface area contributed by atoms with Crippen LogP contribution in [-0.4, -0.2) is 12.5 Å². The van der Waals surface area contributed by atoms with Crippen LogP contribution in [0.3, 0.4) is 0 Å². The SMILES string of the molecule is CCN=C(F)CC. The van der Waals surface area contributed by atoms with E-state index in [4.69, 9.17) is 0 Å². The standard InChI is InChI=1S/C5H10FN/c1-3-5(6)7-4-2/h3-4H2,1-2H3. The predicted molar refractivity (Wildman–Crippen MR) is 29.4 cm³/mol. The smallest absolute Gasteiger partial charge is 0.184 e. The molecule has 0 spiro atoms. The minimum Gasteiger partial charge on any atom is -0.262 e. The van der Waals surface area contributed by atoms with Crippen LogP contribution in [0, 0.1) is 0 Å². The lowest BCUT2D eigenvalue weighted by Gasteiger charge is -1.83. The highest BCUT2D eigenvalue weighted by Crippen LogP contribution is 1.85. The monoisotopic (exact) mass is 103 g/mol. The van der Waals surface area contributed by atoms with Crippen LogP contribution in [0.5, 0.6) is 0 Å². The molecule has 1 nitrogen and oxygen atoms in total. The van der Waals surface area contributed by atoms with Gasteiger partial charge in [-0.25, -0.2) is 0 Å². The number of aliphatic imine (C=N–C) groups is 1. The van der Waals surface area contributed by atoms with Crippen LogP contribution in [0.2, 0.25) is 0 Å². The number of halogens is 1. The Hall–Kier alpha value is -0.400. The molecule has 0 saturated carbocycles. The highest BCUT2D eigenvalue weighted by atomic mass is 19.1. The van der Waals surface area contributed by atoms with E-state index >= 15 is 0 Å². The molecule has 0 atom stereocenters. The van der Waals surface area contributed by atoms with E-state index in [2.05, 4.69) is 4.99 Å². The van der Waals surface area contributed by atoms with Gasteiger partial charge in [0.25, 0.3) is 0 Å². The van der Waals surface area contributed by atoms with Crippen LogP contribution in [0.1, 0.15) is 20.3 Å². The molecule has 0 unspecified atom stereocenters. The zero-order valence-corrected chi connectivity index (χ0v) is 4.74. The molecule has 0 heterocycles. The summed E-state index contributed by atoms with van der Waals surface area (Å²) in [7, 11) is 0. The number of rotatable bonds is 2. The van der Waals surface area contributed by atoms with E-state index in [0.717, 1.165) is 0 Å². The Kier molecular flexibility index (Phi) is 3.56. The van der Waals surface area contributed by atoms with Crippen LogP contribution >= 0.6 is 0 Å². The fraction of sp³-hybridized carbons (Fsp3) is 0.800. The second kappa shape index (κ2) is 3.78. The van der Waals surface area contributed by atoms with E-state index in [-0.39, 0.29) is 5.97 Å². The molecule has 0 saturated heterocycles. The van der Waals surface area contributed by atoms with E-state index in [1.165, 1.54) is 0 Å². The summed E-state index contributed by atoms with van der Waals surface area (Å²) in [5, 5.41) is 0. The third-order valence-corrected chi connectivity index (χ3v) is 0.621. The minimum atomic E-state index is -0.248. The van der Waals surface area contributed by atoms with Gasteiger partial charge in [-0.05, 0) is 6.92 Å². The third-order valence-electron chi connectivity index (χ3n) is 0.621. The van der Waals surface area contributed by atoms with Gasteiger partial charge in [-0.15, -0.1) is 0 Å². The Balaban J connectivity index is 3.29. The Morgan fingerprint density at radius 3 is 2.29 bits per heavy atom. The first kappa shape index (κ1) is 6.60. The summed E-state index contributed by atoms with van der Waals surface area (Å²) in [6, 6.07) is 0. The Bertz CT molecular complexity index is 68.5. The van der Waals surface area contributed by atoms with Crippen LogP contribution in [-0.2, 0) is 0 Å². The first-order chi connectivity index (χ1) is 3.31. The lowest BCUT2D eigenvalue weighted by atomic mass is 10.5. The van der Waals surface area contributed by atoms with Crippen LogP contribution in [0.25, 0.3) is 0 Å². The molecule has 0 rings (SSSR count). The van der Waals surface area contributed by atoms with Gasteiger partial charge in [0, 0.05) is 13.0 Å². The van der Waals surface area contributed by atoms with Gasteiger partial charge in [-0.1, -0.05) is 6.92 Å². The maximum Gasteiger partial charge on any atom is 0.184 e. The molecule has 0 fully saturated rings. The number of hydrogen-bond acceptors (Lipinski definition) is 1. The van der Waals surface area contributed by atoms with Crippen molar-refractivity contribution in [2.45, 2.75) is 20.3 Å². The molecule has 0 aliphatic rings. The predicted octanol–water partition coefficient (Wildman–Crippen LogP) is 1.78. The topological polar surface area (TPSA) is 12.4 Å². The van der Waals surface area contributed by atoms with Gasteiger partial charge in [0.15, 0.2) is 5.97 Å². The molecule has 2 heteroatoms. The van der Waals surface area contributed by atoms with E-state index in [1.807, 2.05) is 6.92 Å². The highest BCUT2D eigenvalue weighted by molar-refractivity contribution is 5.74. The van der Waals surface area contributed by atoms with Crippen LogP contribution < -0.4 is 0 Å². The lowest BCUT2D eigenvalue weighted by molar-refractivity contribution is 0.761. The summed E-state index contributed by atoms with van der Waals surface area (Å²) in [4.78, 5) is 3.49. The van der Waals surface area contributed by atoms with Crippen molar-refractivity contribution in [3.05, 3.63) is 0 Å². The normalized spacial score (nSPS) is 12.1. The van der Waals surface area contributed by atoms with Gasteiger partial charge in [0.2, 0.25) is 0 Å². The van der Waals surface area contributed by atoms with E-state index in [0.29, 0.717) is 13.0 Å². The maximum atomic E-state index is 11.9. The lowest BCUT2D eigenvalue weighted by Crippen LogP contribution is -1.84. The third kappa shape index (κ3) is 3.43. The molecule has 0 aromatic rings. The van der Waals surface area contributed by atoms with Crippen molar-refractivity contribution in [1.29, 1.82) is 0 Å². The molecule has 0 aromatic heterocycles. The molecule has 0 aliphatic carbocycles. The average molecular weight is 103 g/mol. The summed E-state index contributed by atoms with van der Waals surface area (Å²) in [5.74, 6) is -0.248. The summed E-state index contributed by atoms with van der Waals surface area (Å²) < 4.78 is 11.9. The van der Waals surface area contributed by atoms with E-state index in [9.17, 15) is 4.39 Å². The van der Waals surface area contributed by atoms with Gasteiger partial charge >= 0.3 is 0 Å². The van der Waals surface area contributed by atoms with E-state index in [1.54, 1.807) is 6.92 Å². The van der Waals surface area contributed by atoms with Crippen molar-refractivity contribution < 1.29 is 4.39 Å². The van der Waals surface area contributed by atoms with Crippen molar-refractivity contribution in [3.63, 3.8) is 0 Å². The highest BCUT2D eigenvalue weighted by Gasteiger charge is 1.84. The molecule has 0 amide bonds. The van der Waals surface area contributed by atoms with E-state index < -0.39 is 0 Å². The van der Waals surface area contributed by atoms with Gasteiger partial charge in [0.1, 0.15) is 0 Å². The molecule has 0 aliphatic heterocycles. The van der Waals surface area contributed by atoms with Crippen molar-refractivity contribution >= 4 is 5.97 Å². The minimum absolute atomic E-state index is 0.248. The zero-order chi connectivity index (χ0) is 5.70. The summed E-state index contributed by atoms with van der Waals surface area (Å²) in [5.41, 5.74) is 0. The molecule has 7 heavy (non-hydrogen) atoms. The second-order valence-corrected chi connectivity index (χ2v) is 1.20. The molecular formula is C5H10FN. The Morgan fingerprint density at radius 1 is 1.57 bits per heavy atom. The molecule has 0 radical (unpaired) electrons. The summed E-state index contributed by atoms with van der Waals surface area (Å²) >= 11 is 0. The van der Waals surface area contributed by atoms with Crippen molar-refractivity contribution in [1.82, 2.24) is 0 Å². The fourth-order valence-electron chi connectivity index (χ4n) is 0.283. The van der Waals surface area contributed by atoms with Gasteiger partial charge in [0.05, 0.1) is 0 Å². The molecule has 0 N–H and O–H groups in total. The van der Waals surface area contributed by atoms with Gasteiger partial charge < -0.3 is 0 Å². The fourth-order valence-corrected chi connectivity index (χ4v) is 0.283. The van der Waals surface area contributed by atoms with Gasteiger partial charge in [-0.3, -0.25) is 4.99 Å². The van der Waals surface area contributed by atoms with Gasteiger partial charge in [-0.2, -0.15) is 4.39 Å². The van der Waals surface area contributed by atoms with Crippen molar-refractivity contribution in [2.24, 2.45) is 4.99 Å². The van der Waals surface area contributed by atoms with Crippen LogP contribution in [0.15, 0.2) is 4.99 Å². The van der Waals surface area contributed by atoms with Crippen molar-refractivity contribution in [2.75, 3.05) is 6.54 Å².